The van der Waals surface area contributed by atoms with Crippen LogP contribution in [0.5, 0.6) is 0 Å². The number of carbonyl (C=O) groups excluding carboxylic acids is 2. The molecule has 2 atom stereocenters. The molecule has 3 rings (SSSR count). The molecule has 0 aromatic heterocycles. The van der Waals surface area contributed by atoms with E-state index < -0.39 is 12.1 Å². The van der Waals surface area contributed by atoms with Gasteiger partial charge in [-0.05, 0) is 56.2 Å². The average Bonchev–Trinajstić information content (AvgIpc) is 2.96. The van der Waals surface area contributed by atoms with E-state index in [1.165, 1.54) is 0 Å². The molecule has 1 aliphatic rings. The van der Waals surface area contributed by atoms with Crippen LogP contribution in [-0.2, 0) is 16.0 Å². The molecule has 2 aromatic carbocycles. The molecule has 1 heterocycles. The standard InChI is InChI=1S/C21H24N2O3/c1-14-13-17-7-5-6-8-19(17)23(14)20(24)15(2)26-21(25)16-9-11-18(12-10-16)22(3)4/h5-12,14-15H,13H2,1-4H3/t14-,15+/m0/s1. The molecule has 0 bridgehead atoms. The van der Waals surface area contributed by atoms with Crippen LogP contribution in [-0.4, -0.2) is 38.1 Å². The highest BCUT2D eigenvalue weighted by Gasteiger charge is 2.34. The van der Waals surface area contributed by atoms with E-state index in [-0.39, 0.29) is 11.9 Å². The van der Waals surface area contributed by atoms with E-state index in [0.717, 1.165) is 23.4 Å². The first-order valence-electron chi connectivity index (χ1n) is 8.78. The lowest BCUT2D eigenvalue weighted by Gasteiger charge is -2.26. The quantitative estimate of drug-likeness (QED) is 0.793. The van der Waals surface area contributed by atoms with Gasteiger partial charge in [-0.1, -0.05) is 18.2 Å². The van der Waals surface area contributed by atoms with E-state index in [0.29, 0.717) is 5.56 Å². The number of rotatable bonds is 4. The number of fused-ring (bicyclic) bond motifs is 1. The molecule has 2 aromatic rings. The lowest BCUT2D eigenvalue weighted by atomic mass is 10.1. The van der Waals surface area contributed by atoms with E-state index >= 15 is 0 Å². The van der Waals surface area contributed by atoms with E-state index in [2.05, 4.69) is 0 Å². The number of ether oxygens (including phenoxy) is 1. The summed E-state index contributed by atoms with van der Waals surface area (Å²) in [5, 5.41) is 0. The topological polar surface area (TPSA) is 49.9 Å². The third-order valence-electron chi connectivity index (χ3n) is 4.70. The monoisotopic (exact) mass is 352 g/mol. The zero-order valence-corrected chi connectivity index (χ0v) is 15.6. The zero-order chi connectivity index (χ0) is 18.8. The van der Waals surface area contributed by atoms with Gasteiger partial charge < -0.3 is 14.5 Å². The third kappa shape index (κ3) is 3.43. The van der Waals surface area contributed by atoms with Crippen molar-refractivity contribution in [2.45, 2.75) is 32.4 Å². The Morgan fingerprint density at radius 3 is 2.42 bits per heavy atom. The lowest BCUT2D eigenvalue weighted by Crippen LogP contribution is -2.43. The number of hydrogen-bond donors (Lipinski definition) is 0. The van der Waals surface area contributed by atoms with Gasteiger partial charge >= 0.3 is 5.97 Å². The largest absolute Gasteiger partial charge is 0.449 e. The summed E-state index contributed by atoms with van der Waals surface area (Å²) in [4.78, 5) is 28.9. The van der Waals surface area contributed by atoms with Crippen molar-refractivity contribution in [2.75, 3.05) is 23.9 Å². The van der Waals surface area contributed by atoms with Gasteiger partial charge in [-0.3, -0.25) is 4.79 Å². The molecule has 0 fully saturated rings. The van der Waals surface area contributed by atoms with Crippen LogP contribution >= 0.6 is 0 Å². The van der Waals surface area contributed by atoms with Crippen molar-refractivity contribution in [3.63, 3.8) is 0 Å². The number of carbonyl (C=O) groups is 2. The van der Waals surface area contributed by atoms with E-state index in [1.807, 2.05) is 62.3 Å². The smallest absolute Gasteiger partial charge is 0.338 e. The number of esters is 1. The van der Waals surface area contributed by atoms with Crippen LogP contribution in [0.1, 0.15) is 29.8 Å². The van der Waals surface area contributed by atoms with Gasteiger partial charge in [0.2, 0.25) is 0 Å². The lowest BCUT2D eigenvalue weighted by molar-refractivity contribution is -0.126. The molecular weight excluding hydrogens is 328 g/mol. The fourth-order valence-corrected chi connectivity index (χ4v) is 3.27. The number of benzene rings is 2. The van der Waals surface area contributed by atoms with Gasteiger partial charge in [-0.15, -0.1) is 0 Å². The maximum absolute atomic E-state index is 12.9. The van der Waals surface area contributed by atoms with Crippen LogP contribution in [0.3, 0.4) is 0 Å². The molecule has 0 saturated heterocycles. The highest BCUT2D eigenvalue weighted by molar-refractivity contribution is 6.01. The summed E-state index contributed by atoms with van der Waals surface area (Å²) in [6, 6.07) is 15.0. The first-order valence-corrected chi connectivity index (χ1v) is 8.78. The second-order valence-corrected chi connectivity index (χ2v) is 6.88. The van der Waals surface area contributed by atoms with E-state index in [9.17, 15) is 9.59 Å². The average molecular weight is 352 g/mol. The van der Waals surface area contributed by atoms with Crippen LogP contribution in [0.25, 0.3) is 0 Å². The third-order valence-corrected chi connectivity index (χ3v) is 4.70. The Morgan fingerprint density at radius 2 is 1.77 bits per heavy atom. The van der Waals surface area contributed by atoms with Crippen LogP contribution < -0.4 is 9.80 Å². The van der Waals surface area contributed by atoms with Gasteiger partial charge in [0.05, 0.1) is 5.56 Å². The molecule has 26 heavy (non-hydrogen) atoms. The first kappa shape index (κ1) is 18.0. The fraction of sp³-hybridized carbons (Fsp3) is 0.333. The summed E-state index contributed by atoms with van der Waals surface area (Å²) >= 11 is 0. The minimum atomic E-state index is -0.843. The molecular formula is C21H24N2O3. The van der Waals surface area contributed by atoms with Crippen LogP contribution in [0.15, 0.2) is 48.5 Å². The fourth-order valence-electron chi connectivity index (χ4n) is 3.27. The number of hydrogen-bond acceptors (Lipinski definition) is 4. The molecule has 136 valence electrons. The Bertz CT molecular complexity index is 814. The minimum Gasteiger partial charge on any atom is -0.449 e. The summed E-state index contributed by atoms with van der Waals surface area (Å²) in [5.74, 6) is -0.683. The number of amides is 1. The maximum atomic E-state index is 12.9. The molecule has 5 nitrogen and oxygen atoms in total. The van der Waals surface area contributed by atoms with Crippen LogP contribution in [0.4, 0.5) is 11.4 Å². The Kier molecular flexibility index (Phi) is 4.98. The van der Waals surface area contributed by atoms with Gasteiger partial charge in [0, 0.05) is 31.5 Å². The zero-order valence-electron chi connectivity index (χ0n) is 15.6. The molecule has 0 saturated carbocycles. The van der Waals surface area contributed by atoms with Crippen LogP contribution in [0, 0.1) is 0 Å². The predicted octanol–water partition coefficient (Wildman–Crippen LogP) is 3.28. The van der Waals surface area contributed by atoms with Gasteiger partial charge in [0.1, 0.15) is 0 Å². The maximum Gasteiger partial charge on any atom is 0.338 e. The normalized spacial score (nSPS) is 16.8. The van der Waals surface area contributed by atoms with Gasteiger partial charge in [-0.25, -0.2) is 4.79 Å². The summed E-state index contributed by atoms with van der Waals surface area (Å²) in [7, 11) is 3.87. The summed E-state index contributed by atoms with van der Waals surface area (Å²) in [6.45, 7) is 3.63. The van der Waals surface area contributed by atoms with Crippen molar-refractivity contribution in [3.05, 3.63) is 59.7 Å². The second kappa shape index (κ2) is 7.20. The SMILES string of the molecule is C[C@@H](OC(=O)c1ccc(N(C)C)cc1)C(=O)N1c2ccccc2C[C@@H]1C. The molecule has 1 aliphatic heterocycles. The Morgan fingerprint density at radius 1 is 1.12 bits per heavy atom. The molecule has 5 heteroatoms. The molecule has 0 N–H and O–H groups in total. The summed E-state index contributed by atoms with van der Waals surface area (Å²) in [6.07, 6.45) is -0.0289. The van der Waals surface area contributed by atoms with Gasteiger partial charge in [0.15, 0.2) is 6.10 Å². The highest BCUT2D eigenvalue weighted by Crippen LogP contribution is 2.32. The molecule has 0 radical (unpaired) electrons. The molecule has 0 unspecified atom stereocenters. The molecule has 0 spiro atoms. The number of nitrogens with zero attached hydrogens (tertiary/aromatic N) is 2. The minimum absolute atomic E-state index is 0.0560. The number of anilines is 2. The summed E-state index contributed by atoms with van der Waals surface area (Å²) < 4.78 is 5.43. The Balaban J connectivity index is 1.70. The van der Waals surface area contributed by atoms with Crippen molar-refractivity contribution >= 4 is 23.3 Å². The predicted molar refractivity (Wildman–Crippen MR) is 103 cm³/mol. The number of para-hydroxylation sites is 1. The van der Waals surface area contributed by atoms with Crippen LogP contribution in [0.2, 0.25) is 0 Å². The second-order valence-electron chi connectivity index (χ2n) is 6.88. The van der Waals surface area contributed by atoms with Gasteiger partial charge in [0.25, 0.3) is 5.91 Å². The van der Waals surface area contributed by atoms with Gasteiger partial charge in [-0.2, -0.15) is 0 Å². The van der Waals surface area contributed by atoms with Crippen molar-refractivity contribution in [1.82, 2.24) is 0 Å². The first-order chi connectivity index (χ1) is 12.4. The molecule has 0 aliphatic carbocycles. The highest BCUT2D eigenvalue weighted by atomic mass is 16.5. The van der Waals surface area contributed by atoms with Crippen molar-refractivity contribution < 1.29 is 14.3 Å². The van der Waals surface area contributed by atoms with Crippen molar-refractivity contribution in [1.29, 1.82) is 0 Å². The Hall–Kier alpha value is -2.82. The van der Waals surface area contributed by atoms with E-state index in [4.69, 9.17) is 4.74 Å². The molecule has 1 amide bonds. The van der Waals surface area contributed by atoms with Crippen molar-refractivity contribution in [3.8, 4) is 0 Å². The van der Waals surface area contributed by atoms with E-state index in [1.54, 1.807) is 24.0 Å². The van der Waals surface area contributed by atoms with Crippen molar-refractivity contribution in [2.24, 2.45) is 0 Å². The summed E-state index contributed by atoms with van der Waals surface area (Å²) in [5.41, 5.74) is 3.48. The Labute approximate surface area is 154 Å².